The maximum atomic E-state index is 13.3. The van der Waals surface area contributed by atoms with E-state index in [0.717, 1.165) is 4.47 Å². The van der Waals surface area contributed by atoms with Crippen LogP contribution in [0.3, 0.4) is 0 Å². The molecule has 36 heavy (non-hydrogen) atoms. The van der Waals surface area contributed by atoms with Gasteiger partial charge in [-0.1, -0.05) is 29.8 Å². The van der Waals surface area contributed by atoms with Gasteiger partial charge in [0.15, 0.2) is 18.1 Å². The van der Waals surface area contributed by atoms with Crippen molar-refractivity contribution in [1.82, 2.24) is 9.66 Å². The summed E-state index contributed by atoms with van der Waals surface area (Å²) in [7, 11) is 0. The summed E-state index contributed by atoms with van der Waals surface area (Å²) in [5, 5.41) is 4.95. The summed E-state index contributed by atoms with van der Waals surface area (Å²) in [6.45, 7) is 9.38. The fourth-order valence-electron chi connectivity index (χ4n) is 3.30. The van der Waals surface area contributed by atoms with Crippen molar-refractivity contribution < 1.29 is 19.0 Å². The van der Waals surface area contributed by atoms with Crippen LogP contribution in [0.1, 0.15) is 51.9 Å². The highest BCUT2D eigenvalue weighted by Gasteiger charge is 2.19. The van der Waals surface area contributed by atoms with E-state index in [1.54, 1.807) is 38.3 Å². The monoisotopic (exact) mass is 685 g/mol. The van der Waals surface area contributed by atoms with Crippen molar-refractivity contribution in [1.29, 1.82) is 0 Å². The van der Waals surface area contributed by atoms with Gasteiger partial charge in [-0.05, 0) is 76.9 Å². The highest BCUT2D eigenvalue weighted by Crippen LogP contribution is 2.42. The van der Waals surface area contributed by atoms with Crippen molar-refractivity contribution in [2.24, 2.45) is 5.10 Å². The smallest absolute Gasteiger partial charge is 0.344 e. The zero-order chi connectivity index (χ0) is 26.6. The predicted octanol–water partition coefficient (Wildman–Crippen LogP) is 6.42. The fraction of sp³-hybridized carbons (Fsp3) is 0.360. The molecule has 0 atom stereocenters. The molecule has 0 saturated carbocycles. The summed E-state index contributed by atoms with van der Waals surface area (Å²) in [6, 6.07) is 7.11. The molecule has 0 spiro atoms. The van der Waals surface area contributed by atoms with E-state index >= 15 is 0 Å². The Morgan fingerprint density at radius 3 is 2.47 bits per heavy atom. The zero-order valence-corrected chi connectivity index (χ0v) is 25.2. The van der Waals surface area contributed by atoms with E-state index < -0.39 is 5.97 Å². The molecule has 0 aliphatic carbocycles. The Kier molecular flexibility index (Phi) is 9.71. The lowest BCUT2D eigenvalue weighted by molar-refractivity contribution is -0.149. The number of hydrogen-bond donors (Lipinski definition) is 0. The van der Waals surface area contributed by atoms with Crippen LogP contribution in [0.4, 0.5) is 0 Å². The Balaban J connectivity index is 2.05. The molecule has 11 heteroatoms. The number of aromatic nitrogens is 2. The van der Waals surface area contributed by atoms with E-state index in [1.165, 1.54) is 4.68 Å². The molecule has 0 aliphatic heterocycles. The lowest BCUT2D eigenvalue weighted by Crippen LogP contribution is -2.23. The number of rotatable bonds is 9. The van der Waals surface area contributed by atoms with Gasteiger partial charge in [-0.3, -0.25) is 4.79 Å². The van der Waals surface area contributed by atoms with Gasteiger partial charge in [-0.2, -0.15) is 9.78 Å². The average molecular weight is 688 g/mol. The summed E-state index contributed by atoms with van der Waals surface area (Å²) < 4.78 is 19.9. The Bertz CT molecular complexity index is 1370. The van der Waals surface area contributed by atoms with Crippen LogP contribution in [0.25, 0.3) is 10.9 Å². The summed E-state index contributed by atoms with van der Waals surface area (Å²) in [5.41, 5.74) is 0.960. The number of halogens is 3. The molecular weight excluding hydrogens is 662 g/mol. The van der Waals surface area contributed by atoms with Gasteiger partial charge in [0.1, 0.15) is 5.82 Å². The highest BCUT2D eigenvalue weighted by molar-refractivity contribution is 9.13. The number of carbonyl (C=O) groups is 1. The summed E-state index contributed by atoms with van der Waals surface area (Å²) in [5.74, 6) is 0.757. The van der Waals surface area contributed by atoms with Crippen LogP contribution >= 0.6 is 47.8 Å². The lowest BCUT2D eigenvalue weighted by Gasteiger charge is -2.16. The van der Waals surface area contributed by atoms with E-state index in [1.807, 2.05) is 26.8 Å². The maximum absolute atomic E-state index is 13.3. The predicted molar refractivity (Wildman–Crippen MR) is 151 cm³/mol. The average Bonchev–Trinajstić information content (AvgIpc) is 2.80. The van der Waals surface area contributed by atoms with Crippen LogP contribution in [-0.2, 0) is 9.53 Å². The van der Waals surface area contributed by atoms with Gasteiger partial charge in [0.2, 0.25) is 0 Å². The second kappa shape index (κ2) is 12.3. The van der Waals surface area contributed by atoms with E-state index in [9.17, 15) is 9.59 Å². The van der Waals surface area contributed by atoms with Crippen molar-refractivity contribution in [3.05, 3.63) is 59.4 Å². The van der Waals surface area contributed by atoms with Crippen LogP contribution in [0.15, 0.2) is 47.6 Å². The van der Waals surface area contributed by atoms with Crippen LogP contribution in [0.2, 0.25) is 0 Å². The molecule has 3 rings (SSSR count). The quantitative estimate of drug-likeness (QED) is 0.191. The molecule has 1 heterocycles. The first kappa shape index (κ1) is 28.3. The first-order chi connectivity index (χ1) is 17.0. The zero-order valence-electron chi connectivity index (χ0n) is 20.5. The van der Waals surface area contributed by atoms with Crippen molar-refractivity contribution in [3.8, 4) is 11.5 Å². The third-order valence-electron chi connectivity index (χ3n) is 4.82. The third kappa shape index (κ3) is 6.54. The number of benzene rings is 2. The fourth-order valence-corrected chi connectivity index (χ4v) is 4.59. The van der Waals surface area contributed by atoms with Crippen molar-refractivity contribution >= 4 is 70.9 Å². The molecule has 192 valence electrons. The second-order valence-electron chi connectivity index (χ2n) is 8.33. The molecule has 8 nitrogen and oxygen atoms in total. The molecular formula is C25H26Br3N3O5. The largest absolute Gasteiger partial charge is 0.490 e. The van der Waals surface area contributed by atoms with E-state index in [0.29, 0.717) is 49.3 Å². The maximum Gasteiger partial charge on any atom is 0.344 e. The molecule has 1 aromatic heterocycles. The van der Waals surface area contributed by atoms with Crippen LogP contribution in [-0.4, -0.2) is 41.2 Å². The number of hydrogen-bond acceptors (Lipinski definition) is 7. The number of ether oxygens (including phenoxy) is 3. The van der Waals surface area contributed by atoms with Gasteiger partial charge >= 0.3 is 5.97 Å². The Morgan fingerprint density at radius 2 is 1.83 bits per heavy atom. The Labute approximate surface area is 234 Å². The third-order valence-corrected chi connectivity index (χ3v) is 7.46. The normalized spacial score (nSPS) is 11.6. The standard InChI is InChI=1S/C25H26Br3N3O5/c1-6-34-19-9-15(21(27)22(28)23(19)35-12-20(32)36-14(4)5)11-29-31-24(13(2)3)30-18-8-7-16(26)10-17(18)25(31)33/h7-11,13-14H,6,12H2,1-5H3. The lowest BCUT2D eigenvalue weighted by atomic mass is 10.2. The van der Waals surface area contributed by atoms with Gasteiger partial charge in [-0.25, -0.2) is 9.78 Å². The topological polar surface area (TPSA) is 92.0 Å². The van der Waals surface area contributed by atoms with Gasteiger partial charge in [0, 0.05) is 20.4 Å². The van der Waals surface area contributed by atoms with E-state index in [2.05, 4.69) is 57.9 Å². The molecule has 0 N–H and O–H groups in total. The first-order valence-electron chi connectivity index (χ1n) is 11.3. The summed E-state index contributed by atoms with van der Waals surface area (Å²) >= 11 is 10.5. The molecule has 0 amide bonds. The second-order valence-corrected chi connectivity index (χ2v) is 10.8. The molecule has 0 unspecified atom stereocenters. The van der Waals surface area contributed by atoms with Crippen molar-refractivity contribution in [2.45, 2.75) is 46.6 Å². The molecule has 0 aliphatic rings. The van der Waals surface area contributed by atoms with Gasteiger partial charge in [0.05, 0.1) is 34.3 Å². The highest BCUT2D eigenvalue weighted by atomic mass is 79.9. The van der Waals surface area contributed by atoms with Crippen LogP contribution in [0.5, 0.6) is 11.5 Å². The SMILES string of the molecule is CCOc1cc(C=Nn2c(C(C)C)nc3ccc(Br)cc3c2=O)c(Br)c(Br)c1OCC(=O)OC(C)C. The molecule has 3 aromatic rings. The van der Waals surface area contributed by atoms with Gasteiger partial charge in [-0.15, -0.1) is 0 Å². The molecule has 0 saturated heterocycles. The van der Waals surface area contributed by atoms with Gasteiger partial charge in [0.25, 0.3) is 5.56 Å². The van der Waals surface area contributed by atoms with E-state index in [-0.39, 0.29) is 24.2 Å². The Morgan fingerprint density at radius 1 is 1.11 bits per heavy atom. The number of carbonyl (C=O) groups excluding carboxylic acids is 1. The summed E-state index contributed by atoms with van der Waals surface area (Å²) in [4.78, 5) is 30.0. The number of nitrogens with zero attached hydrogens (tertiary/aromatic N) is 3. The summed E-state index contributed by atoms with van der Waals surface area (Å²) in [6.07, 6.45) is 1.30. The van der Waals surface area contributed by atoms with Crippen LogP contribution < -0.4 is 15.0 Å². The minimum absolute atomic E-state index is 0.0431. The minimum atomic E-state index is -0.489. The molecule has 0 bridgehead atoms. The minimum Gasteiger partial charge on any atom is -0.490 e. The van der Waals surface area contributed by atoms with Crippen molar-refractivity contribution in [3.63, 3.8) is 0 Å². The molecule has 0 fully saturated rings. The van der Waals surface area contributed by atoms with E-state index in [4.69, 9.17) is 14.2 Å². The molecule has 2 aromatic carbocycles. The number of fused-ring (bicyclic) bond motifs is 1. The van der Waals surface area contributed by atoms with Gasteiger partial charge < -0.3 is 14.2 Å². The van der Waals surface area contributed by atoms with Crippen molar-refractivity contribution in [2.75, 3.05) is 13.2 Å². The number of esters is 1. The van der Waals surface area contributed by atoms with Crippen LogP contribution in [0, 0.1) is 0 Å². The first-order valence-corrected chi connectivity index (χ1v) is 13.6. The Hall–Kier alpha value is -2.24. The molecule has 0 radical (unpaired) electrons.